The third-order valence-electron chi connectivity index (χ3n) is 3.58. The molecule has 1 amide bonds. The number of hydrogen-bond acceptors (Lipinski definition) is 6. The van der Waals surface area contributed by atoms with Crippen molar-refractivity contribution in [1.82, 2.24) is 30.5 Å². The molecule has 7 nitrogen and oxygen atoms in total. The summed E-state index contributed by atoms with van der Waals surface area (Å²) in [5, 5.41) is 15.1. The topological polar surface area (TPSA) is 85.6 Å². The molecule has 8 heteroatoms. The SMILES string of the molecule is Cc1cnc(C(C)CNC(=O)Cc2ccc(-n3cnnn3)cc2)s1. The summed E-state index contributed by atoms with van der Waals surface area (Å²) >= 11 is 1.67. The molecule has 0 spiro atoms. The number of tetrazole rings is 1. The van der Waals surface area contributed by atoms with Crippen molar-refractivity contribution in [3.63, 3.8) is 0 Å². The van der Waals surface area contributed by atoms with E-state index in [2.05, 4.69) is 32.7 Å². The first kappa shape index (κ1) is 16.3. The van der Waals surface area contributed by atoms with Crippen LogP contribution in [0.4, 0.5) is 0 Å². The van der Waals surface area contributed by atoms with Crippen molar-refractivity contribution in [3.05, 3.63) is 52.2 Å². The summed E-state index contributed by atoms with van der Waals surface area (Å²) in [6, 6.07) is 7.59. The number of rotatable bonds is 6. The van der Waals surface area contributed by atoms with Crippen molar-refractivity contribution < 1.29 is 4.79 Å². The van der Waals surface area contributed by atoms with Gasteiger partial charge in [-0.25, -0.2) is 9.67 Å². The predicted molar refractivity (Wildman–Crippen MR) is 91.1 cm³/mol. The van der Waals surface area contributed by atoms with E-state index in [0.29, 0.717) is 13.0 Å². The summed E-state index contributed by atoms with van der Waals surface area (Å²) in [6.45, 7) is 4.69. The van der Waals surface area contributed by atoms with Gasteiger partial charge in [0.15, 0.2) is 0 Å². The number of aromatic nitrogens is 5. The number of amides is 1. The summed E-state index contributed by atoms with van der Waals surface area (Å²) in [6.07, 6.45) is 3.74. The molecule has 0 aliphatic rings. The molecular formula is C16H18N6OS. The quantitative estimate of drug-likeness (QED) is 0.739. The zero-order valence-electron chi connectivity index (χ0n) is 13.5. The fourth-order valence-corrected chi connectivity index (χ4v) is 3.07. The molecule has 1 atom stereocenters. The third-order valence-corrected chi connectivity index (χ3v) is 4.73. The lowest BCUT2D eigenvalue weighted by Crippen LogP contribution is -2.28. The normalized spacial score (nSPS) is 12.1. The Kier molecular flexibility index (Phi) is 4.95. The molecule has 1 unspecified atom stereocenters. The van der Waals surface area contributed by atoms with E-state index in [-0.39, 0.29) is 11.8 Å². The lowest BCUT2D eigenvalue weighted by atomic mass is 10.1. The van der Waals surface area contributed by atoms with Gasteiger partial charge in [-0.1, -0.05) is 19.1 Å². The van der Waals surface area contributed by atoms with Crippen LogP contribution in [0.3, 0.4) is 0 Å². The van der Waals surface area contributed by atoms with E-state index in [1.54, 1.807) is 16.0 Å². The van der Waals surface area contributed by atoms with E-state index in [1.807, 2.05) is 37.4 Å². The minimum Gasteiger partial charge on any atom is -0.355 e. The molecular weight excluding hydrogens is 324 g/mol. The van der Waals surface area contributed by atoms with Crippen LogP contribution in [0.5, 0.6) is 0 Å². The maximum absolute atomic E-state index is 12.1. The van der Waals surface area contributed by atoms with Crippen molar-refractivity contribution in [3.8, 4) is 5.69 Å². The Morgan fingerprint density at radius 3 is 2.75 bits per heavy atom. The van der Waals surface area contributed by atoms with E-state index >= 15 is 0 Å². The molecule has 3 rings (SSSR count). The lowest BCUT2D eigenvalue weighted by Gasteiger charge is -2.10. The van der Waals surface area contributed by atoms with Crippen molar-refractivity contribution in [2.45, 2.75) is 26.2 Å². The molecule has 3 aromatic rings. The Morgan fingerprint density at radius 1 is 1.33 bits per heavy atom. The number of carbonyl (C=O) groups excluding carboxylic acids is 1. The Labute approximate surface area is 143 Å². The van der Waals surface area contributed by atoms with Gasteiger partial charge in [-0.3, -0.25) is 4.79 Å². The second-order valence-corrected chi connectivity index (χ2v) is 6.88. The molecule has 2 aromatic heterocycles. The van der Waals surface area contributed by atoms with Crippen molar-refractivity contribution in [2.24, 2.45) is 0 Å². The summed E-state index contributed by atoms with van der Waals surface area (Å²) < 4.78 is 1.57. The minimum absolute atomic E-state index is 0.00491. The number of nitrogens with one attached hydrogen (secondary N) is 1. The highest BCUT2D eigenvalue weighted by Gasteiger charge is 2.11. The van der Waals surface area contributed by atoms with Crippen LogP contribution in [0.15, 0.2) is 36.8 Å². The number of aryl methyl sites for hydroxylation is 1. The maximum atomic E-state index is 12.1. The average Bonchev–Trinajstić information content (AvgIpc) is 3.25. The second kappa shape index (κ2) is 7.31. The number of benzene rings is 1. The highest BCUT2D eigenvalue weighted by molar-refractivity contribution is 7.11. The largest absolute Gasteiger partial charge is 0.355 e. The van der Waals surface area contributed by atoms with E-state index in [4.69, 9.17) is 0 Å². The summed E-state index contributed by atoms with van der Waals surface area (Å²) in [5.41, 5.74) is 1.80. The summed E-state index contributed by atoms with van der Waals surface area (Å²) in [7, 11) is 0. The molecule has 0 saturated carbocycles. The lowest BCUT2D eigenvalue weighted by molar-refractivity contribution is -0.120. The van der Waals surface area contributed by atoms with Crippen LogP contribution < -0.4 is 5.32 Å². The van der Waals surface area contributed by atoms with Crippen LogP contribution in [0.2, 0.25) is 0 Å². The molecule has 0 bridgehead atoms. The molecule has 0 aliphatic heterocycles. The number of nitrogens with zero attached hydrogens (tertiary/aromatic N) is 5. The van der Waals surface area contributed by atoms with E-state index < -0.39 is 0 Å². The van der Waals surface area contributed by atoms with Crippen LogP contribution in [0.25, 0.3) is 5.69 Å². The van der Waals surface area contributed by atoms with E-state index in [0.717, 1.165) is 16.3 Å². The van der Waals surface area contributed by atoms with Gasteiger partial charge in [-0.05, 0) is 35.0 Å². The average molecular weight is 342 g/mol. The Morgan fingerprint density at radius 2 is 2.12 bits per heavy atom. The highest BCUT2D eigenvalue weighted by atomic mass is 32.1. The number of thiazole rings is 1. The van der Waals surface area contributed by atoms with Crippen LogP contribution in [-0.2, 0) is 11.2 Å². The van der Waals surface area contributed by atoms with Crippen LogP contribution >= 0.6 is 11.3 Å². The molecule has 1 aromatic carbocycles. The van der Waals surface area contributed by atoms with Crippen LogP contribution in [0, 0.1) is 6.92 Å². The van der Waals surface area contributed by atoms with Gasteiger partial charge in [-0.15, -0.1) is 16.4 Å². The first-order chi connectivity index (χ1) is 11.6. The molecule has 0 aliphatic carbocycles. The standard InChI is InChI=1S/C16H18N6OS/c1-11(16-18-9-12(2)24-16)8-17-15(23)7-13-3-5-14(6-4-13)22-10-19-20-21-22/h3-6,9-11H,7-8H2,1-2H3,(H,17,23). The predicted octanol–water partition coefficient (Wildman–Crippen LogP) is 1.89. The van der Waals surface area contributed by atoms with E-state index in [9.17, 15) is 4.79 Å². The summed E-state index contributed by atoms with van der Waals surface area (Å²) in [4.78, 5) is 17.6. The van der Waals surface area contributed by atoms with Crippen LogP contribution in [0.1, 0.15) is 28.3 Å². The fourth-order valence-electron chi connectivity index (χ4n) is 2.25. The first-order valence-corrected chi connectivity index (χ1v) is 8.45. The number of carbonyl (C=O) groups is 1. The Bertz CT molecular complexity index is 796. The zero-order valence-corrected chi connectivity index (χ0v) is 14.3. The Hall–Kier alpha value is -2.61. The second-order valence-electron chi connectivity index (χ2n) is 5.61. The molecule has 0 radical (unpaired) electrons. The minimum atomic E-state index is 0.00491. The fraction of sp³-hybridized carbons (Fsp3) is 0.312. The van der Waals surface area contributed by atoms with Gasteiger partial charge in [0.25, 0.3) is 0 Å². The zero-order chi connectivity index (χ0) is 16.9. The van der Waals surface area contributed by atoms with Crippen molar-refractivity contribution >= 4 is 17.2 Å². The molecule has 1 N–H and O–H groups in total. The highest BCUT2D eigenvalue weighted by Crippen LogP contribution is 2.20. The van der Waals surface area contributed by atoms with Gasteiger partial charge < -0.3 is 5.32 Å². The third kappa shape index (κ3) is 4.02. The van der Waals surface area contributed by atoms with Gasteiger partial charge >= 0.3 is 0 Å². The van der Waals surface area contributed by atoms with Gasteiger partial charge in [0.1, 0.15) is 6.33 Å². The van der Waals surface area contributed by atoms with Gasteiger partial charge in [0, 0.05) is 23.5 Å². The van der Waals surface area contributed by atoms with Crippen molar-refractivity contribution in [1.29, 1.82) is 0 Å². The molecule has 24 heavy (non-hydrogen) atoms. The molecule has 0 saturated heterocycles. The van der Waals surface area contributed by atoms with Crippen LogP contribution in [-0.4, -0.2) is 37.6 Å². The van der Waals surface area contributed by atoms with Crippen molar-refractivity contribution in [2.75, 3.05) is 6.54 Å². The maximum Gasteiger partial charge on any atom is 0.224 e. The first-order valence-electron chi connectivity index (χ1n) is 7.63. The number of hydrogen-bond donors (Lipinski definition) is 1. The smallest absolute Gasteiger partial charge is 0.224 e. The van der Waals surface area contributed by atoms with Gasteiger partial charge in [0.05, 0.1) is 17.1 Å². The Balaban J connectivity index is 1.51. The molecule has 124 valence electrons. The van der Waals surface area contributed by atoms with E-state index in [1.165, 1.54) is 11.2 Å². The monoisotopic (exact) mass is 342 g/mol. The summed E-state index contributed by atoms with van der Waals surface area (Å²) in [5.74, 6) is 0.222. The van der Waals surface area contributed by atoms with Gasteiger partial charge in [-0.2, -0.15) is 0 Å². The molecule has 2 heterocycles. The molecule has 0 fully saturated rings. The van der Waals surface area contributed by atoms with Gasteiger partial charge in [0.2, 0.25) is 5.91 Å².